The third-order valence-electron chi connectivity index (χ3n) is 16.6. The highest BCUT2D eigenvalue weighted by molar-refractivity contribution is 6.23. The third kappa shape index (κ3) is 11.5. The third-order valence-corrected chi connectivity index (χ3v) is 16.6. The van der Waals surface area contributed by atoms with E-state index in [1.54, 1.807) is 0 Å². The van der Waals surface area contributed by atoms with Gasteiger partial charge in [-0.2, -0.15) is 0 Å². The Morgan fingerprint density at radius 2 is 0.806 bits per heavy atom. The molecule has 2 heteroatoms. The fourth-order valence-corrected chi connectivity index (χ4v) is 11.2. The maximum absolute atomic E-state index is 2.64. The molecule has 2 nitrogen and oxygen atoms in total. The molecular formula is C70H92N2. The van der Waals surface area contributed by atoms with Crippen LogP contribution in [0.4, 0.5) is 34.1 Å². The van der Waals surface area contributed by atoms with Crippen molar-refractivity contribution in [1.82, 2.24) is 0 Å². The summed E-state index contributed by atoms with van der Waals surface area (Å²) in [4.78, 5) is 5.20. The lowest BCUT2D eigenvalue weighted by molar-refractivity contribution is 0.320. The Labute approximate surface area is 438 Å². The first-order valence-electron chi connectivity index (χ1n) is 28.2. The molecule has 7 aromatic rings. The number of fused-ring (bicyclic) bond motifs is 2. The minimum absolute atomic E-state index is 0.0278. The van der Waals surface area contributed by atoms with Gasteiger partial charge < -0.3 is 9.80 Å². The summed E-state index contributed by atoms with van der Waals surface area (Å²) < 4.78 is 0. The van der Waals surface area contributed by atoms with Crippen LogP contribution in [0.1, 0.15) is 220 Å². The number of anilines is 6. The van der Waals surface area contributed by atoms with Gasteiger partial charge in [0.05, 0.1) is 11.4 Å². The van der Waals surface area contributed by atoms with Crippen molar-refractivity contribution in [1.29, 1.82) is 0 Å². The Morgan fingerprint density at radius 1 is 0.431 bits per heavy atom. The largest absolute Gasteiger partial charge is 0.309 e. The number of hydrogen-bond acceptors (Lipinski definition) is 2. The Morgan fingerprint density at radius 3 is 1.18 bits per heavy atom. The minimum atomic E-state index is 0.0278. The molecule has 1 unspecified atom stereocenters. The van der Waals surface area contributed by atoms with Crippen LogP contribution in [0.15, 0.2) is 133 Å². The zero-order valence-corrected chi connectivity index (χ0v) is 47.8. The monoisotopic (exact) mass is 961 g/mol. The predicted octanol–water partition coefficient (Wildman–Crippen LogP) is 22.3. The van der Waals surface area contributed by atoms with Crippen molar-refractivity contribution in [2.45, 2.75) is 208 Å². The Bertz CT molecular complexity index is 2790. The number of rotatable bonds is 14. The number of hydrogen-bond donors (Lipinski definition) is 0. The van der Waals surface area contributed by atoms with Gasteiger partial charge in [0.15, 0.2) is 0 Å². The Balaban J connectivity index is 0.00000183. The number of nitrogens with zero attached hydrogens (tertiary/aromatic N) is 2. The molecule has 0 saturated heterocycles. The van der Waals surface area contributed by atoms with Gasteiger partial charge in [0.25, 0.3) is 0 Å². The zero-order chi connectivity index (χ0) is 52.2. The smallest absolute Gasteiger partial charge is 0.0620 e. The van der Waals surface area contributed by atoms with E-state index in [2.05, 4.69) is 254 Å². The molecule has 0 aromatic heterocycles. The van der Waals surface area contributed by atoms with Gasteiger partial charge in [0, 0.05) is 44.3 Å². The standard InChI is InChI=1S/C66H82N2.C4H10/c1-15-40-65(13,16-2)51-28-38-57-59(43-51)62(68(54-32-22-48(23-33-54)46(5)6)56-36-26-50(27-37-56)64(10,11)12)60-44-52(66(14)41-18-17-19-42-66)29-39-58(60)61(57)67(53-30-20-47(21-31-53)45(3)4)55-34-24-49(25-35-55)63(7,8)9;1-3-4-2/h20-39,43-46H,15-19,40-42H2,1-14H3;3-4H2,1-2H3. The van der Waals surface area contributed by atoms with E-state index in [9.17, 15) is 0 Å². The van der Waals surface area contributed by atoms with Crippen LogP contribution >= 0.6 is 0 Å². The van der Waals surface area contributed by atoms with Crippen molar-refractivity contribution in [2.24, 2.45) is 0 Å². The Kier molecular flexibility index (Phi) is 16.9. The molecule has 1 aliphatic rings. The van der Waals surface area contributed by atoms with E-state index < -0.39 is 0 Å². The second kappa shape index (κ2) is 22.4. The van der Waals surface area contributed by atoms with Crippen molar-refractivity contribution >= 4 is 55.7 Å². The van der Waals surface area contributed by atoms with Crippen molar-refractivity contribution in [3.05, 3.63) is 167 Å². The van der Waals surface area contributed by atoms with E-state index in [-0.39, 0.29) is 21.7 Å². The zero-order valence-electron chi connectivity index (χ0n) is 47.8. The molecule has 8 rings (SSSR count). The number of unbranched alkanes of at least 4 members (excludes halogenated alkanes) is 1. The molecule has 0 bridgehead atoms. The minimum Gasteiger partial charge on any atom is -0.309 e. The van der Waals surface area contributed by atoms with Crippen LogP contribution in [0, 0.1) is 0 Å². The van der Waals surface area contributed by atoms with Crippen molar-refractivity contribution < 1.29 is 0 Å². The average molecular weight is 962 g/mol. The quantitative estimate of drug-likeness (QED) is 0.0792. The van der Waals surface area contributed by atoms with Gasteiger partial charge in [-0.15, -0.1) is 0 Å². The van der Waals surface area contributed by atoms with Crippen molar-refractivity contribution in [3.63, 3.8) is 0 Å². The van der Waals surface area contributed by atoms with Gasteiger partial charge >= 0.3 is 0 Å². The SMILES string of the molecule is CCCC.CCCC(C)(CC)c1ccc2c(N(c3ccc(C(C)C)cc3)c3ccc(C(C)(C)C)cc3)c3ccc(C4(C)CCCCC4)cc3c(N(c3ccc(C(C)C)cc3)c3ccc(C(C)(C)C)cc3)c2c1. The van der Waals surface area contributed by atoms with Gasteiger partial charge in [-0.25, -0.2) is 0 Å². The lowest BCUT2D eigenvalue weighted by Crippen LogP contribution is -2.25. The number of benzene rings is 7. The first kappa shape index (κ1) is 54.4. The van der Waals surface area contributed by atoms with Crippen LogP contribution in [0.5, 0.6) is 0 Å². The Hall–Kier alpha value is -5.34. The fraction of sp³-hybridized carbons (Fsp3) is 0.457. The van der Waals surface area contributed by atoms with Gasteiger partial charge in [-0.1, -0.05) is 222 Å². The maximum Gasteiger partial charge on any atom is 0.0620 e. The van der Waals surface area contributed by atoms with Crippen LogP contribution in [0.25, 0.3) is 21.5 Å². The molecule has 0 heterocycles. The van der Waals surface area contributed by atoms with Gasteiger partial charge in [0.1, 0.15) is 0 Å². The second-order valence-electron chi connectivity index (χ2n) is 24.8. The molecule has 72 heavy (non-hydrogen) atoms. The average Bonchev–Trinajstić information content (AvgIpc) is 3.37. The molecule has 1 fully saturated rings. The maximum atomic E-state index is 2.64. The summed E-state index contributed by atoms with van der Waals surface area (Å²) in [5.41, 5.74) is 15.6. The van der Waals surface area contributed by atoms with Gasteiger partial charge in [-0.05, 0) is 153 Å². The predicted molar refractivity (Wildman–Crippen MR) is 320 cm³/mol. The molecule has 1 saturated carbocycles. The van der Waals surface area contributed by atoms with Crippen LogP contribution in [0.3, 0.4) is 0 Å². The topological polar surface area (TPSA) is 6.48 Å². The first-order chi connectivity index (χ1) is 34.2. The molecule has 0 N–H and O–H groups in total. The van der Waals surface area contributed by atoms with E-state index in [4.69, 9.17) is 0 Å². The summed E-state index contributed by atoms with van der Waals surface area (Å²) in [6, 6.07) is 53.0. The molecule has 0 radical (unpaired) electrons. The molecule has 0 spiro atoms. The summed E-state index contributed by atoms with van der Waals surface area (Å²) in [5.74, 6) is 0.880. The highest BCUT2D eigenvalue weighted by Gasteiger charge is 2.33. The highest BCUT2D eigenvalue weighted by atomic mass is 15.2. The molecule has 0 amide bonds. The van der Waals surface area contributed by atoms with E-state index in [0.29, 0.717) is 11.8 Å². The summed E-state index contributed by atoms with van der Waals surface area (Å²) in [6.45, 7) is 37.2. The van der Waals surface area contributed by atoms with Crippen molar-refractivity contribution in [2.75, 3.05) is 9.80 Å². The fourth-order valence-electron chi connectivity index (χ4n) is 11.2. The highest BCUT2D eigenvalue weighted by Crippen LogP contribution is 2.54. The summed E-state index contributed by atoms with van der Waals surface area (Å²) in [5, 5.41) is 5.10. The summed E-state index contributed by atoms with van der Waals surface area (Å²) in [7, 11) is 0. The van der Waals surface area contributed by atoms with Crippen LogP contribution in [0.2, 0.25) is 0 Å². The second-order valence-corrected chi connectivity index (χ2v) is 24.8. The van der Waals surface area contributed by atoms with E-state index >= 15 is 0 Å². The van der Waals surface area contributed by atoms with E-state index in [0.717, 1.165) is 19.3 Å². The molecule has 1 aliphatic carbocycles. The van der Waals surface area contributed by atoms with Gasteiger partial charge in [0.2, 0.25) is 0 Å². The first-order valence-corrected chi connectivity index (χ1v) is 28.2. The van der Waals surface area contributed by atoms with E-state index in [1.807, 2.05) is 0 Å². The van der Waals surface area contributed by atoms with Gasteiger partial charge in [-0.3, -0.25) is 0 Å². The molecule has 382 valence electrons. The molecule has 1 atom stereocenters. The lowest BCUT2D eigenvalue weighted by Gasteiger charge is -2.37. The van der Waals surface area contributed by atoms with E-state index in [1.165, 1.54) is 134 Å². The summed E-state index contributed by atoms with van der Waals surface area (Å²) >= 11 is 0. The summed E-state index contributed by atoms with van der Waals surface area (Å²) in [6.07, 6.45) is 12.3. The molecule has 7 aromatic carbocycles. The van der Waals surface area contributed by atoms with Crippen LogP contribution in [-0.4, -0.2) is 0 Å². The lowest BCUT2D eigenvalue weighted by atomic mass is 9.70. The normalized spacial score (nSPS) is 14.9. The van der Waals surface area contributed by atoms with Crippen LogP contribution < -0.4 is 9.80 Å². The molecular weight excluding hydrogens is 869 g/mol. The molecule has 0 aliphatic heterocycles. The van der Waals surface area contributed by atoms with Crippen LogP contribution in [-0.2, 0) is 21.7 Å². The van der Waals surface area contributed by atoms with Crippen molar-refractivity contribution in [3.8, 4) is 0 Å².